The van der Waals surface area contributed by atoms with Crippen LogP contribution in [0.2, 0.25) is 0 Å². The van der Waals surface area contributed by atoms with E-state index in [1.54, 1.807) is 14.2 Å². The zero-order chi connectivity index (χ0) is 18.2. The van der Waals surface area contributed by atoms with Crippen molar-refractivity contribution in [3.8, 4) is 11.5 Å². The average Bonchev–Trinajstić information content (AvgIpc) is 2.70. The number of hydrogen-bond donors (Lipinski definition) is 0. The zero-order valence-corrected chi connectivity index (χ0v) is 15.7. The van der Waals surface area contributed by atoms with Crippen molar-refractivity contribution in [2.75, 3.05) is 46.9 Å². The van der Waals surface area contributed by atoms with Gasteiger partial charge >= 0.3 is 0 Å². The van der Waals surface area contributed by atoms with Crippen LogP contribution < -0.4 is 9.47 Å². The molecule has 2 aromatic rings. The summed E-state index contributed by atoms with van der Waals surface area (Å²) in [5.41, 5.74) is 2.48. The van der Waals surface area contributed by atoms with Gasteiger partial charge in [-0.05, 0) is 11.6 Å². The van der Waals surface area contributed by atoms with Crippen molar-refractivity contribution >= 4 is 6.08 Å². The molecule has 0 saturated carbocycles. The first-order chi connectivity index (χ1) is 12.8. The van der Waals surface area contributed by atoms with Gasteiger partial charge in [0, 0.05) is 50.9 Å². The van der Waals surface area contributed by atoms with Gasteiger partial charge in [0.1, 0.15) is 11.5 Å². The summed E-state index contributed by atoms with van der Waals surface area (Å²) in [6, 6.07) is 16.5. The van der Waals surface area contributed by atoms with E-state index in [0.717, 1.165) is 50.8 Å². The summed E-state index contributed by atoms with van der Waals surface area (Å²) in [5, 5.41) is 0. The highest BCUT2D eigenvalue weighted by molar-refractivity contribution is 5.48. The number of rotatable bonds is 7. The number of hydrogen-bond acceptors (Lipinski definition) is 4. The molecule has 0 radical (unpaired) electrons. The lowest BCUT2D eigenvalue weighted by Gasteiger charge is -2.34. The molecule has 0 aliphatic carbocycles. The highest BCUT2D eigenvalue weighted by atomic mass is 16.5. The van der Waals surface area contributed by atoms with Gasteiger partial charge in [0.2, 0.25) is 0 Å². The van der Waals surface area contributed by atoms with Crippen molar-refractivity contribution in [1.29, 1.82) is 0 Å². The van der Waals surface area contributed by atoms with Crippen molar-refractivity contribution in [3.63, 3.8) is 0 Å². The molecule has 3 rings (SSSR count). The van der Waals surface area contributed by atoms with Crippen LogP contribution in [0.1, 0.15) is 11.1 Å². The summed E-state index contributed by atoms with van der Waals surface area (Å²) in [7, 11) is 3.40. The molecule has 0 N–H and O–H groups in total. The molecule has 0 unspecified atom stereocenters. The Morgan fingerprint density at radius 1 is 0.885 bits per heavy atom. The molecule has 0 amide bonds. The quantitative estimate of drug-likeness (QED) is 0.761. The van der Waals surface area contributed by atoms with Gasteiger partial charge in [-0.15, -0.1) is 0 Å². The fraction of sp³-hybridized carbons (Fsp3) is 0.364. The Balaban J connectivity index is 1.47. The third-order valence-electron chi connectivity index (χ3n) is 4.83. The van der Waals surface area contributed by atoms with Crippen molar-refractivity contribution in [2.24, 2.45) is 0 Å². The predicted octanol–water partition coefficient (Wildman–Crippen LogP) is 3.53. The summed E-state index contributed by atoms with van der Waals surface area (Å²) in [6.45, 7) is 6.27. The van der Waals surface area contributed by atoms with Gasteiger partial charge in [0.25, 0.3) is 0 Å². The largest absolute Gasteiger partial charge is 0.497 e. The minimum absolute atomic E-state index is 0.834. The zero-order valence-electron chi connectivity index (χ0n) is 15.7. The van der Waals surface area contributed by atoms with Crippen LogP contribution in [-0.2, 0) is 6.54 Å². The number of ether oxygens (including phenoxy) is 2. The molecule has 1 heterocycles. The van der Waals surface area contributed by atoms with Gasteiger partial charge in [-0.25, -0.2) is 0 Å². The maximum atomic E-state index is 5.52. The molecule has 1 aliphatic heterocycles. The van der Waals surface area contributed by atoms with E-state index >= 15 is 0 Å². The van der Waals surface area contributed by atoms with Gasteiger partial charge in [0.05, 0.1) is 14.2 Å². The Hall–Kier alpha value is -2.30. The first-order valence-corrected chi connectivity index (χ1v) is 9.15. The van der Waals surface area contributed by atoms with Crippen LogP contribution in [0.25, 0.3) is 6.08 Å². The number of methoxy groups -OCH3 is 2. The fourth-order valence-electron chi connectivity index (χ4n) is 3.26. The van der Waals surface area contributed by atoms with E-state index in [2.05, 4.69) is 52.3 Å². The summed E-state index contributed by atoms with van der Waals surface area (Å²) in [6.07, 6.45) is 4.46. The molecule has 2 aromatic carbocycles. The molecule has 0 atom stereocenters. The molecular weight excluding hydrogens is 324 g/mol. The van der Waals surface area contributed by atoms with E-state index in [1.165, 1.54) is 11.1 Å². The second kappa shape index (κ2) is 9.41. The monoisotopic (exact) mass is 352 g/mol. The van der Waals surface area contributed by atoms with E-state index in [1.807, 2.05) is 18.2 Å². The maximum absolute atomic E-state index is 5.52. The molecule has 26 heavy (non-hydrogen) atoms. The standard InChI is InChI=1S/C22H28N2O2/c1-25-21-11-10-20(22(17-21)26-2)18-24-15-13-23(14-16-24)12-6-9-19-7-4-3-5-8-19/h3-11,17H,12-16,18H2,1-2H3/b9-6+. The lowest BCUT2D eigenvalue weighted by molar-refractivity contribution is 0.136. The minimum atomic E-state index is 0.834. The highest BCUT2D eigenvalue weighted by Gasteiger charge is 2.17. The second-order valence-electron chi connectivity index (χ2n) is 6.57. The van der Waals surface area contributed by atoms with Gasteiger partial charge < -0.3 is 9.47 Å². The summed E-state index contributed by atoms with van der Waals surface area (Å²) in [5.74, 6) is 1.73. The lowest BCUT2D eigenvalue weighted by Crippen LogP contribution is -2.45. The first kappa shape index (κ1) is 18.5. The van der Waals surface area contributed by atoms with Crippen LogP contribution in [-0.4, -0.2) is 56.7 Å². The number of nitrogens with zero attached hydrogens (tertiary/aromatic N) is 2. The van der Waals surface area contributed by atoms with Crippen LogP contribution in [0.3, 0.4) is 0 Å². The van der Waals surface area contributed by atoms with Crippen LogP contribution >= 0.6 is 0 Å². The van der Waals surface area contributed by atoms with E-state index in [4.69, 9.17) is 9.47 Å². The molecule has 0 bridgehead atoms. The minimum Gasteiger partial charge on any atom is -0.497 e. The average molecular weight is 352 g/mol. The summed E-state index contributed by atoms with van der Waals surface area (Å²) in [4.78, 5) is 4.99. The Kier molecular flexibility index (Phi) is 6.69. The molecule has 1 saturated heterocycles. The van der Waals surface area contributed by atoms with Crippen molar-refractivity contribution < 1.29 is 9.47 Å². The number of benzene rings is 2. The summed E-state index contributed by atoms with van der Waals surface area (Å²) >= 11 is 0. The van der Waals surface area contributed by atoms with E-state index < -0.39 is 0 Å². The molecular formula is C22H28N2O2. The van der Waals surface area contributed by atoms with Crippen LogP contribution in [0.4, 0.5) is 0 Å². The van der Waals surface area contributed by atoms with Crippen molar-refractivity contribution in [1.82, 2.24) is 9.80 Å². The van der Waals surface area contributed by atoms with Crippen LogP contribution in [0.15, 0.2) is 54.6 Å². The Labute approximate surface area is 156 Å². The molecule has 1 fully saturated rings. The summed E-state index contributed by atoms with van der Waals surface area (Å²) < 4.78 is 10.8. The molecule has 4 nitrogen and oxygen atoms in total. The van der Waals surface area contributed by atoms with E-state index in [-0.39, 0.29) is 0 Å². The van der Waals surface area contributed by atoms with Crippen LogP contribution in [0.5, 0.6) is 11.5 Å². The van der Waals surface area contributed by atoms with Crippen molar-refractivity contribution in [3.05, 3.63) is 65.7 Å². The van der Waals surface area contributed by atoms with Gasteiger partial charge in [-0.1, -0.05) is 48.6 Å². The molecule has 138 valence electrons. The molecule has 0 spiro atoms. The van der Waals surface area contributed by atoms with Gasteiger partial charge in [-0.3, -0.25) is 9.80 Å². The number of piperazine rings is 1. The third kappa shape index (κ3) is 5.10. The van der Waals surface area contributed by atoms with Crippen LogP contribution in [0, 0.1) is 0 Å². The smallest absolute Gasteiger partial charge is 0.127 e. The third-order valence-corrected chi connectivity index (χ3v) is 4.83. The van der Waals surface area contributed by atoms with E-state index in [9.17, 15) is 0 Å². The SMILES string of the molecule is COc1ccc(CN2CCN(C/C=C/c3ccccc3)CC2)c(OC)c1. The second-order valence-corrected chi connectivity index (χ2v) is 6.57. The molecule has 4 heteroatoms. The Morgan fingerprint density at radius 2 is 1.62 bits per heavy atom. The van der Waals surface area contributed by atoms with Gasteiger partial charge in [0.15, 0.2) is 0 Å². The lowest BCUT2D eigenvalue weighted by atomic mass is 10.1. The highest BCUT2D eigenvalue weighted by Crippen LogP contribution is 2.26. The Morgan fingerprint density at radius 3 is 2.31 bits per heavy atom. The van der Waals surface area contributed by atoms with Gasteiger partial charge in [-0.2, -0.15) is 0 Å². The normalized spacial score (nSPS) is 16.1. The predicted molar refractivity (Wildman–Crippen MR) is 107 cm³/mol. The molecule has 0 aromatic heterocycles. The van der Waals surface area contributed by atoms with E-state index in [0.29, 0.717) is 0 Å². The Bertz CT molecular complexity index is 707. The fourth-order valence-corrected chi connectivity index (χ4v) is 3.26. The first-order valence-electron chi connectivity index (χ1n) is 9.15. The van der Waals surface area contributed by atoms with Crippen molar-refractivity contribution in [2.45, 2.75) is 6.54 Å². The maximum Gasteiger partial charge on any atom is 0.127 e. The molecule has 1 aliphatic rings. The topological polar surface area (TPSA) is 24.9 Å².